The molecule has 0 radical (unpaired) electrons. The summed E-state index contributed by atoms with van der Waals surface area (Å²) in [7, 11) is 2.14. The molecule has 2 saturated heterocycles. The van der Waals surface area contributed by atoms with Crippen LogP contribution in [-0.4, -0.2) is 60.3 Å². The van der Waals surface area contributed by atoms with Gasteiger partial charge in [-0.1, -0.05) is 13.8 Å². The lowest BCUT2D eigenvalue weighted by atomic mass is 9.74. The van der Waals surface area contributed by atoms with Crippen LogP contribution in [0.25, 0.3) is 0 Å². The van der Waals surface area contributed by atoms with Crippen molar-refractivity contribution < 1.29 is 4.74 Å². The summed E-state index contributed by atoms with van der Waals surface area (Å²) in [4.78, 5) is 2.60. The first-order chi connectivity index (χ1) is 9.99. The lowest BCUT2D eigenvalue weighted by Crippen LogP contribution is -2.61. The number of nitrogens with one attached hydrogen (secondary N) is 1. The molecule has 1 N–H and O–H groups in total. The van der Waals surface area contributed by atoms with Crippen LogP contribution in [0.1, 0.15) is 47.0 Å². The molecule has 2 aliphatic rings. The van der Waals surface area contributed by atoms with Crippen molar-refractivity contribution in [2.45, 2.75) is 64.1 Å². The Hall–Kier alpha value is 0.230. The highest BCUT2D eigenvalue weighted by molar-refractivity contribution is 7.99. The first-order valence-electron chi connectivity index (χ1n) is 8.63. The van der Waals surface area contributed by atoms with Crippen molar-refractivity contribution in [2.24, 2.45) is 5.92 Å². The lowest BCUT2D eigenvalue weighted by molar-refractivity contribution is -0.0947. The zero-order valence-electron chi connectivity index (χ0n) is 14.6. The highest BCUT2D eigenvalue weighted by atomic mass is 32.2. The molecule has 0 aromatic heterocycles. The summed E-state index contributed by atoms with van der Waals surface area (Å²) in [6.07, 6.45) is 3.68. The first-order valence-corrected chi connectivity index (χ1v) is 9.78. The second-order valence-corrected chi connectivity index (χ2v) is 8.28. The molecule has 0 aromatic rings. The minimum Gasteiger partial charge on any atom is -0.374 e. The number of rotatable bonds is 6. The van der Waals surface area contributed by atoms with Gasteiger partial charge in [0, 0.05) is 23.9 Å². The van der Waals surface area contributed by atoms with E-state index in [-0.39, 0.29) is 11.1 Å². The molecule has 2 rings (SSSR count). The van der Waals surface area contributed by atoms with E-state index < -0.39 is 0 Å². The van der Waals surface area contributed by atoms with Crippen LogP contribution in [0.5, 0.6) is 0 Å². The fraction of sp³-hybridized carbons (Fsp3) is 1.00. The Morgan fingerprint density at radius 3 is 2.62 bits per heavy atom. The predicted molar refractivity (Wildman–Crippen MR) is 93.2 cm³/mol. The third-order valence-corrected chi connectivity index (χ3v) is 6.94. The van der Waals surface area contributed by atoms with Crippen LogP contribution in [0, 0.1) is 5.92 Å². The Morgan fingerprint density at radius 1 is 1.38 bits per heavy atom. The maximum atomic E-state index is 6.21. The third kappa shape index (κ3) is 3.60. The molecule has 0 aliphatic carbocycles. The summed E-state index contributed by atoms with van der Waals surface area (Å²) in [6, 6.07) is 0.531. The molecule has 3 nitrogen and oxygen atoms in total. The van der Waals surface area contributed by atoms with E-state index in [1.807, 2.05) is 0 Å². The molecule has 2 aliphatic heterocycles. The van der Waals surface area contributed by atoms with Crippen molar-refractivity contribution in [1.82, 2.24) is 10.2 Å². The highest BCUT2D eigenvalue weighted by Crippen LogP contribution is 2.43. The number of thioether (sulfide) groups is 1. The molecule has 0 bridgehead atoms. The number of hydrogen-bond acceptors (Lipinski definition) is 4. The van der Waals surface area contributed by atoms with Crippen LogP contribution in [0.2, 0.25) is 0 Å². The summed E-state index contributed by atoms with van der Waals surface area (Å²) in [5, 5.41) is 3.66. The summed E-state index contributed by atoms with van der Waals surface area (Å²) in [5.74, 6) is 3.19. The smallest absolute Gasteiger partial charge is 0.0783 e. The topological polar surface area (TPSA) is 24.5 Å². The minimum absolute atomic E-state index is 0.183. The van der Waals surface area contributed by atoms with Crippen molar-refractivity contribution >= 4 is 11.8 Å². The van der Waals surface area contributed by atoms with Crippen LogP contribution < -0.4 is 5.32 Å². The fourth-order valence-electron chi connectivity index (χ4n) is 4.61. The lowest BCUT2D eigenvalue weighted by Gasteiger charge is -2.50. The molecule has 2 fully saturated rings. The van der Waals surface area contributed by atoms with Gasteiger partial charge in [-0.05, 0) is 64.9 Å². The summed E-state index contributed by atoms with van der Waals surface area (Å²) in [6.45, 7) is 12.5. The second-order valence-electron chi connectivity index (χ2n) is 7.18. The van der Waals surface area contributed by atoms with Gasteiger partial charge in [0.05, 0.1) is 5.60 Å². The Bertz CT molecular complexity index is 325. The number of hydrogen-bond donors (Lipinski definition) is 1. The van der Waals surface area contributed by atoms with Gasteiger partial charge in [-0.3, -0.25) is 4.90 Å². The summed E-state index contributed by atoms with van der Waals surface area (Å²) >= 11 is 2.07. The van der Waals surface area contributed by atoms with Gasteiger partial charge in [-0.2, -0.15) is 11.8 Å². The van der Waals surface area contributed by atoms with Gasteiger partial charge in [0.25, 0.3) is 0 Å². The van der Waals surface area contributed by atoms with E-state index in [0.717, 1.165) is 25.6 Å². The second kappa shape index (κ2) is 7.20. The molecule has 0 amide bonds. The third-order valence-electron chi connectivity index (χ3n) is 5.72. The SMILES string of the molecule is CCN(CC)C(C)(C)C(NC)C1CCOC2(CCSC2)C1. The zero-order chi connectivity index (χ0) is 15.5. The average Bonchev–Trinajstić information content (AvgIpc) is 2.88. The van der Waals surface area contributed by atoms with E-state index in [2.05, 4.69) is 56.7 Å². The molecular formula is C17H34N2OS. The van der Waals surface area contributed by atoms with Crippen LogP contribution in [0.4, 0.5) is 0 Å². The van der Waals surface area contributed by atoms with E-state index in [9.17, 15) is 0 Å². The Labute approximate surface area is 135 Å². The normalized spacial score (nSPS) is 32.0. The van der Waals surface area contributed by atoms with Gasteiger partial charge >= 0.3 is 0 Å². The molecule has 124 valence electrons. The van der Waals surface area contributed by atoms with Gasteiger partial charge in [0.2, 0.25) is 0 Å². The molecule has 21 heavy (non-hydrogen) atoms. The van der Waals surface area contributed by atoms with Crippen molar-refractivity contribution in [2.75, 3.05) is 38.2 Å². The van der Waals surface area contributed by atoms with E-state index in [1.54, 1.807) is 0 Å². The minimum atomic E-state index is 0.183. The molecule has 0 saturated carbocycles. The molecule has 1 spiro atoms. The quantitative estimate of drug-likeness (QED) is 0.814. The Kier molecular flexibility index (Phi) is 6.03. The molecule has 3 atom stereocenters. The van der Waals surface area contributed by atoms with Gasteiger partial charge in [-0.25, -0.2) is 0 Å². The molecule has 3 unspecified atom stereocenters. The van der Waals surface area contributed by atoms with Crippen LogP contribution in [0.15, 0.2) is 0 Å². The van der Waals surface area contributed by atoms with E-state index >= 15 is 0 Å². The van der Waals surface area contributed by atoms with E-state index in [1.165, 1.54) is 30.8 Å². The van der Waals surface area contributed by atoms with E-state index in [4.69, 9.17) is 4.74 Å². The fourth-order valence-corrected chi connectivity index (χ4v) is 5.99. The largest absolute Gasteiger partial charge is 0.374 e. The zero-order valence-corrected chi connectivity index (χ0v) is 15.4. The Morgan fingerprint density at radius 2 is 2.10 bits per heavy atom. The van der Waals surface area contributed by atoms with Gasteiger partial charge < -0.3 is 10.1 Å². The number of ether oxygens (including phenoxy) is 1. The average molecular weight is 315 g/mol. The molecule has 0 aromatic carbocycles. The first kappa shape index (κ1) is 17.6. The van der Waals surface area contributed by atoms with Gasteiger partial charge in [0.1, 0.15) is 0 Å². The van der Waals surface area contributed by atoms with Gasteiger partial charge in [-0.15, -0.1) is 0 Å². The maximum Gasteiger partial charge on any atom is 0.0783 e. The predicted octanol–water partition coefficient (Wildman–Crippen LogP) is 3.00. The summed E-state index contributed by atoms with van der Waals surface area (Å²) in [5.41, 5.74) is 0.370. The van der Waals surface area contributed by atoms with Crippen molar-refractivity contribution in [3.05, 3.63) is 0 Å². The summed E-state index contributed by atoms with van der Waals surface area (Å²) < 4.78 is 6.21. The highest BCUT2D eigenvalue weighted by Gasteiger charge is 2.46. The Balaban J connectivity index is 2.12. The van der Waals surface area contributed by atoms with Crippen LogP contribution >= 0.6 is 11.8 Å². The molecule has 2 heterocycles. The van der Waals surface area contributed by atoms with Crippen molar-refractivity contribution in [3.63, 3.8) is 0 Å². The maximum absolute atomic E-state index is 6.21. The standard InChI is InChI=1S/C17H34N2OS/c1-6-19(7-2)16(3,4)15(18-5)14-8-10-20-17(12-14)9-11-21-13-17/h14-15,18H,6-13H2,1-5H3. The number of likely N-dealkylation sites (N-methyl/N-ethyl adjacent to an activating group) is 2. The van der Waals surface area contributed by atoms with Gasteiger partial charge in [0.15, 0.2) is 0 Å². The van der Waals surface area contributed by atoms with Crippen LogP contribution in [0.3, 0.4) is 0 Å². The van der Waals surface area contributed by atoms with Crippen molar-refractivity contribution in [1.29, 1.82) is 0 Å². The molecular weight excluding hydrogens is 280 g/mol. The number of nitrogens with zero attached hydrogens (tertiary/aromatic N) is 1. The monoisotopic (exact) mass is 314 g/mol. The van der Waals surface area contributed by atoms with Crippen molar-refractivity contribution in [3.8, 4) is 0 Å². The van der Waals surface area contributed by atoms with Crippen LogP contribution in [-0.2, 0) is 4.74 Å². The molecule has 4 heteroatoms. The van der Waals surface area contributed by atoms with E-state index in [0.29, 0.717) is 6.04 Å².